The number of halogens is 4. The Morgan fingerprint density at radius 3 is 2.35 bits per heavy atom. The lowest BCUT2D eigenvalue weighted by Gasteiger charge is -2.28. The zero-order valence-electron chi connectivity index (χ0n) is 8.60. The Balaban J connectivity index is 2.43. The zero-order valence-corrected chi connectivity index (χ0v) is 8.60. The van der Waals surface area contributed by atoms with E-state index in [9.17, 15) is 17.6 Å². The first-order valence-corrected chi connectivity index (χ1v) is 4.86. The number of rotatable bonds is 1. The number of allylic oxidation sites excluding steroid dienone is 1. The Bertz CT molecular complexity index is 385. The fourth-order valence-electron chi connectivity index (χ4n) is 2.04. The third-order valence-corrected chi connectivity index (χ3v) is 2.73. The van der Waals surface area contributed by atoms with E-state index >= 15 is 0 Å². The normalized spacial score (nSPS) is 28.1. The van der Waals surface area contributed by atoms with Crippen LogP contribution in [0.2, 0.25) is 0 Å². The third-order valence-electron chi connectivity index (χ3n) is 2.73. The summed E-state index contributed by atoms with van der Waals surface area (Å²) in [6.07, 6.45) is -7.15. The smallest absolute Gasteiger partial charge is 0.402 e. The third kappa shape index (κ3) is 1.71. The second kappa shape index (κ2) is 3.67. The van der Waals surface area contributed by atoms with Gasteiger partial charge in [-0.25, -0.2) is 4.39 Å². The highest BCUT2D eigenvalue weighted by Gasteiger charge is 2.59. The van der Waals surface area contributed by atoms with Crippen molar-refractivity contribution in [2.45, 2.75) is 24.6 Å². The van der Waals surface area contributed by atoms with Gasteiger partial charge in [-0.2, -0.15) is 13.2 Å². The van der Waals surface area contributed by atoms with Crippen LogP contribution in [0, 0.1) is 5.41 Å². The molecule has 1 heterocycles. The van der Waals surface area contributed by atoms with Gasteiger partial charge >= 0.3 is 6.18 Å². The molecule has 1 unspecified atom stereocenters. The first-order valence-electron chi connectivity index (χ1n) is 4.86. The van der Waals surface area contributed by atoms with Crippen LogP contribution >= 0.6 is 0 Å². The predicted octanol–water partition coefficient (Wildman–Crippen LogP) is 1.27. The predicted molar refractivity (Wildman–Crippen MR) is 49.1 cm³/mol. The maximum Gasteiger partial charge on any atom is 0.433 e. The summed E-state index contributed by atoms with van der Waals surface area (Å²) in [6.45, 7) is -0.0509. The van der Waals surface area contributed by atoms with Crippen LogP contribution in [0.3, 0.4) is 0 Å². The molecule has 0 aromatic heterocycles. The van der Waals surface area contributed by atoms with Crippen molar-refractivity contribution >= 4 is 5.71 Å². The summed E-state index contributed by atoms with van der Waals surface area (Å²) in [5.41, 5.74) is 2.58. The summed E-state index contributed by atoms with van der Waals surface area (Å²) >= 11 is 0. The molecule has 1 spiro atoms. The minimum absolute atomic E-state index is 0.0255. The molecule has 2 rings (SSSR count). The van der Waals surface area contributed by atoms with E-state index in [1.165, 1.54) is 0 Å². The van der Waals surface area contributed by atoms with Crippen molar-refractivity contribution in [1.29, 1.82) is 5.41 Å². The molecule has 96 valence electrons. The molecule has 1 aliphatic carbocycles. The standard InChI is InChI=1S/C9H10F4N2O2/c10-5-3-4(14)6(7(15)9(11,12)13)8(5)16-1-2-17-8/h5,15H,1-3,14H2. The summed E-state index contributed by atoms with van der Waals surface area (Å²) in [5, 5.41) is 7.06. The van der Waals surface area contributed by atoms with Gasteiger partial charge in [0.25, 0.3) is 0 Å². The maximum absolute atomic E-state index is 13.7. The molecule has 0 aromatic rings. The van der Waals surface area contributed by atoms with Gasteiger partial charge in [-0.1, -0.05) is 0 Å². The van der Waals surface area contributed by atoms with E-state index in [-0.39, 0.29) is 18.9 Å². The molecule has 4 nitrogen and oxygen atoms in total. The Kier molecular flexibility index (Phi) is 2.66. The van der Waals surface area contributed by atoms with Crippen LogP contribution in [0.25, 0.3) is 0 Å². The average molecular weight is 254 g/mol. The van der Waals surface area contributed by atoms with E-state index in [1.54, 1.807) is 0 Å². The average Bonchev–Trinajstić information content (AvgIpc) is 2.74. The highest BCUT2D eigenvalue weighted by atomic mass is 19.4. The van der Waals surface area contributed by atoms with Crippen LogP contribution in [0.5, 0.6) is 0 Å². The molecule has 3 N–H and O–H groups in total. The number of nitrogens with two attached hydrogens (primary N) is 1. The number of nitrogens with one attached hydrogen (secondary N) is 1. The summed E-state index contributed by atoms with van der Waals surface area (Å²) in [7, 11) is 0. The van der Waals surface area contributed by atoms with Crippen LogP contribution in [0.15, 0.2) is 11.3 Å². The molecule has 1 saturated heterocycles. The van der Waals surface area contributed by atoms with Crippen LogP contribution in [0.4, 0.5) is 17.6 Å². The molecule has 17 heavy (non-hydrogen) atoms. The van der Waals surface area contributed by atoms with Crippen molar-refractivity contribution in [1.82, 2.24) is 0 Å². The fourth-order valence-corrected chi connectivity index (χ4v) is 2.04. The number of hydrogen-bond donors (Lipinski definition) is 2. The van der Waals surface area contributed by atoms with Crippen LogP contribution in [-0.2, 0) is 9.47 Å². The second-order valence-corrected chi connectivity index (χ2v) is 3.81. The zero-order chi connectivity index (χ0) is 12.8. The van der Waals surface area contributed by atoms with Gasteiger partial charge in [-0.3, -0.25) is 5.41 Å². The Labute approximate surface area is 93.9 Å². The molecule has 0 bridgehead atoms. The first kappa shape index (κ1) is 12.3. The number of ether oxygens (including phenoxy) is 2. The van der Waals surface area contributed by atoms with E-state index in [4.69, 9.17) is 20.6 Å². The molecule has 2 aliphatic rings. The molecule has 8 heteroatoms. The summed E-state index contributed by atoms with van der Waals surface area (Å²) < 4.78 is 61.0. The summed E-state index contributed by atoms with van der Waals surface area (Å²) in [5.74, 6) is -2.14. The van der Waals surface area contributed by atoms with Crippen molar-refractivity contribution < 1.29 is 27.0 Å². The fraction of sp³-hybridized carbons (Fsp3) is 0.667. The summed E-state index contributed by atoms with van der Waals surface area (Å²) in [4.78, 5) is 0. The topological polar surface area (TPSA) is 68.3 Å². The van der Waals surface area contributed by atoms with Crippen LogP contribution in [0.1, 0.15) is 6.42 Å². The Hall–Kier alpha value is -1.15. The molecular formula is C9H10F4N2O2. The van der Waals surface area contributed by atoms with Crippen molar-refractivity contribution in [2.24, 2.45) is 5.73 Å². The van der Waals surface area contributed by atoms with Crippen molar-refractivity contribution in [3.05, 3.63) is 11.3 Å². The van der Waals surface area contributed by atoms with Crippen molar-refractivity contribution in [3.8, 4) is 0 Å². The van der Waals surface area contributed by atoms with Gasteiger partial charge in [-0.15, -0.1) is 0 Å². The molecular weight excluding hydrogens is 244 g/mol. The minimum Gasteiger partial charge on any atom is -0.402 e. The van der Waals surface area contributed by atoms with Crippen LogP contribution in [-0.4, -0.2) is 37.1 Å². The monoisotopic (exact) mass is 254 g/mol. The van der Waals surface area contributed by atoms with Gasteiger partial charge in [0.2, 0.25) is 5.79 Å². The Morgan fingerprint density at radius 1 is 1.35 bits per heavy atom. The first-order chi connectivity index (χ1) is 7.79. The van der Waals surface area contributed by atoms with Gasteiger partial charge in [0, 0.05) is 12.1 Å². The van der Waals surface area contributed by atoms with Crippen molar-refractivity contribution in [3.63, 3.8) is 0 Å². The highest BCUT2D eigenvalue weighted by molar-refractivity contribution is 6.04. The van der Waals surface area contributed by atoms with Gasteiger partial charge < -0.3 is 15.2 Å². The van der Waals surface area contributed by atoms with Gasteiger partial charge in [-0.05, 0) is 0 Å². The number of alkyl halides is 4. The largest absolute Gasteiger partial charge is 0.433 e. The van der Waals surface area contributed by atoms with E-state index in [2.05, 4.69) is 0 Å². The molecule has 0 radical (unpaired) electrons. The molecule has 0 aromatic carbocycles. The molecule has 1 aliphatic heterocycles. The SMILES string of the molecule is N=C(C1=C(N)CC(F)C12OCCO2)C(F)(F)F. The van der Waals surface area contributed by atoms with Gasteiger partial charge in [0.1, 0.15) is 5.71 Å². The van der Waals surface area contributed by atoms with E-state index < -0.39 is 35.8 Å². The van der Waals surface area contributed by atoms with Crippen LogP contribution < -0.4 is 5.73 Å². The number of hydrogen-bond acceptors (Lipinski definition) is 4. The van der Waals surface area contributed by atoms with Gasteiger partial charge in [0.05, 0.1) is 18.8 Å². The van der Waals surface area contributed by atoms with Gasteiger partial charge in [0.15, 0.2) is 6.17 Å². The molecule has 0 saturated carbocycles. The lowest BCUT2D eigenvalue weighted by molar-refractivity contribution is -0.161. The van der Waals surface area contributed by atoms with E-state index in [1.807, 2.05) is 0 Å². The highest BCUT2D eigenvalue weighted by Crippen LogP contribution is 2.45. The molecule has 1 atom stereocenters. The second-order valence-electron chi connectivity index (χ2n) is 3.81. The van der Waals surface area contributed by atoms with Crippen molar-refractivity contribution in [2.75, 3.05) is 13.2 Å². The lowest BCUT2D eigenvalue weighted by Crippen LogP contribution is -2.44. The van der Waals surface area contributed by atoms with E-state index in [0.717, 1.165) is 0 Å². The molecule has 1 fully saturated rings. The minimum atomic E-state index is -4.91. The maximum atomic E-state index is 13.7. The quantitative estimate of drug-likeness (QED) is 0.547. The Morgan fingerprint density at radius 2 is 1.88 bits per heavy atom. The lowest BCUT2D eigenvalue weighted by atomic mass is 10.0. The molecule has 0 amide bonds. The van der Waals surface area contributed by atoms with E-state index in [0.29, 0.717) is 0 Å². The summed E-state index contributed by atoms with van der Waals surface area (Å²) in [6, 6.07) is 0.